The van der Waals surface area contributed by atoms with Gasteiger partial charge in [0.25, 0.3) is 0 Å². The van der Waals surface area contributed by atoms with Gasteiger partial charge in [-0.25, -0.2) is 0 Å². The van der Waals surface area contributed by atoms with E-state index in [4.69, 9.17) is 18.9 Å². The summed E-state index contributed by atoms with van der Waals surface area (Å²) in [5, 5.41) is 7.11. The van der Waals surface area contributed by atoms with Crippen molar-refractivity contribution in [2.24, 2.45) is 0 Å². The lowest BCUT2D eigenvalue weighted by Crippen LogP contribution is -2.27. The largest absolute Gasteiger partial charge is 0.493 e. The summed E-state index contributed by atoms with van der Waals surface area (Å²) in [4.78, 5) is 25.2. The van der Waals surface area contributed by atoms with Crippen LogP contribution in [0.1, 0.15) is 42.9 Å². The second-order valence-corrected chi connectivity index (χ2v) is 9.29. The second-order valence-electron chi connectivity index (χ2n) is 9.29. The van der Waals surface area contributed by atoms with Crippen LogP contribution in [0.2, 0.25) is 0 Å². The molecule has 0 radical (unpaired) electrons. The van der Waals surface area contributed by atoms with Crippen LogP contribution in [0.3, 0.4) is 0 Å². The number of allylic oxidation sites excluding steroid dienone is 1. The summed E-state index contributed by atoms with van der Waals surface area (Å²) in [6, 6.07) is 18.6. The molecule has 2 atom stereocenters. The van der Waals surface area contributed by atoms with E-state index in [1.165, 1.54) is 6.92 Å². The number of benzene rings is 3. The van der Waals surface area contributed by atoms with Crippen molar-refractivity contribution in [2.45, 2.75) is 31.7 Å². The van der Waals surface area contributed by atoms with Crippen molar-refractivity contribution in [3.8, 4) is 23.0 Å². The summed E-state index contributed by atoms with van der Waals surface area (Å²) in [5.41, 5.74) is 5.20. The molecule has 3 aromatic carbocycles. The summed E-state index contributed by atoms with van der Waals surface area (Å²) in [5.74, 6) is 1.67. The van der Waals surface area contributed by atoms with Gasteiger partial charge in [-0.05, 0) is 59.9 Å². The Balaban J connectivity index is 1.56. The Bertz CT molecular complexity index is 1390. The average molecular weight is 515 g/mol. The van der Waals surface area contributed by atoms with E-state index in [2.05, 4.69) is 10.6 Å². The molecule has 2 aliphatic rings. The molecule has 1 aliphatic carbocycles. The van der Waals surface area contributed by atoms with Gasteiger partial charge in [-0.2, -0.15) is 0 Å². The quantitative estimate of drug-likeness (QED) is 0.323. The first-order valence-corrected chi connectivity index (χ1v) is 12.4. The van der Waals surface area contributed by atoms with E-state index in [0.29, 0.717) is 41.4 Å². The molecule has 0 amide bonds. The summed E-state index contributed by atoms with van der Waals surface area (Å²) >= 11 is 0. The van der Waals surface area contributed by atoms with Crippen LogP contribution < -0.4 is 29.6 Å². The van der Waals surface area contributed by atoms with Crippen molar-refractivity contribution >= 4 is 23.1 Å². The van der Waals surface area contributed by atoms with E-state index in [1.807, 2.05) is 48.5 Å². The van der Waals surface area contributed by atoms with Gasteiger partial charge in [0.05, 0.1) is 38.7 Å². The molecule has 1 aliphatic heterocycles. The van der Waals surface area contributed by atoms with Gasteiger partial charge in [0.1, 0.15) is 5.75 Å². The highest BCUT2D eigenvalue weighted by Gasteiger charge is 2.36. The minimum absolute atomic E-state index is 0.0480. The fourth-order valence-corrected chi connectivity index (χ4v) is 5.21. The first-order chi connectivity index (χ1) is 18.4. The number of carbonyl (C=O) groups is 2. The molecule has 0 aromatic heterocycles. The third-order valence-electron chi connectivity index (χ3n) is 6.94. The number of hydrogen-bond donors (Lipinski definition) is 2. The number of ketones is 1. The van der Waals surface area contributed by atoms with E-state index < -0.39 is 0 Å². The third kappa shape index (κ3) is 4.77. The molecule has 0 spiro atoms. The number of para-hydroxylation sites is 2. The van der Waals surface area contributed by atoms with Crippen LogP contribution in [-0.2, 0) is 9.59 Å². The van der Waals surface area contributed by atoms with Crippen LogP contribution in [-0.4, -0.2) is 33.1 Å². The number of rotatable bonds is 6. The summed E-state index contributed by atoms with van der Waals surface area (Å²) in [7, 11) is 4.74. The van der Waals surface area contributed by atoms with Crippen LogP contribution >= 0.6 is 0 Å². The van der Waals surface area contributed by atoms with Crippen molar-refractivity contribution < 1.29 is 28.5 Å². The average Bonchev–Trinajstić information content (AvgIpc) is 3.09. The van der Waals surface area contributed by atoms with Gasteiger partial charge in [-0.1, -0.05) is 24.3 Å². The van der Waals surface area contributed by atoms with Gasteiger partial charge in [-0.3, -0.25) is 9.59 Å². The number of Topliss-reactive ketones (excluding diaryl/α,β-unsaturated/α-hetero) is 1. The molecule has 0 unspecified atom stereocenters. The molecular weight excluding hydrogens is 484 g/mol. The highest BCUT2D eigenvalue weighted by Crippen LogP contribution is 2.47. The molecule has 5 rings (SSSR count). The van der Waals surface area contributed by atoms with Crippen LogP contribution in [0.25, 0.3) is 0 Å². The Labute approximate surface area is 221 Å². The monoisotopic (exact) mass is 514 g/mol. The summed E-state index contributed by atoms with van der Waals surface area (Å²) < 4.78 is 21.8. The molecule has 2 N–H and O–H groups in total. The molecule has 8 nitrogen and oxygen atoms in total. The fraction of sp³-hybridized carbons (Fsp3) is 0.267. The van der Waals surface area contributed by atoms with Crippen LogP contribution in [0, 0.1) is 0 Å². The normalized spacial score (nSPS) is 18.3. The number of ether oxygens (including phenoxy) is 4. The molecular formula is C30H30N2O6. The van der Waals surface area contributed by atoms with Crippen LogP contribution in [0.5, 0.6) is 23.0 Å². The molecule has 0 bridgehead atoms. The predicted molar refractivity (Wildman–Crippen MR) is 144 cm³/mol. The molecule has 0 fully saturated rings. The summed E-state index contributed by atoms with van der Waals surface area (Å²) in [6.45, 7) is 1.37. The van der Waals surface area contributed by atoms with Crippen LogP contribution in [0.15, 0.2) is 71.9 Å². The topological polar surface area (TPSA) is 95.1 Å². The maximum Gasteiger partial charge on any atom is 0.308 e. The lowest BCUT2D eigenvalue weighted by Gasteiger charge is -2.30. The Morgan fingerprint density at radius 2 is 1.50 bits per heavy atom. The Morgan fingerprint density at radius 3 is 2.11 bits per heavy atom. The highest BCUT2D eigenvalue weighted by molar-refractivity contribution is 6.01. The first-order valence-electron chi connectivity index (χ1n) is 12.4. The van der Waals surface area contributed by atoms with Gasteiger partial charge in [-0.15, -0.1) is 0 Å². The Hall–Kier alpha value is -4.46. The van der Waals surface area contributed by atoms with Crippen molar-refractivity contribution in [1.29, 1.82) is 0 Å². The third-order valence-corrected chi connectivity index (χ3v) is 6.94. The van der Waals surface area contributed by atoms with Gasteiger partial charge >= 0.3 is 5.97 Å². The zero-order valence-corrected chi connectivity index (χ0v) is 21.8. The molecule has 8 heteroatoms. The van der Waals surface area contributed by atoms with Crippen molar-refractivity contribution in [3.05, 3.63) is 83.1 Å². The number of fused-ring (bicyclic) bond motifs is 1. The molecule has 0 saturated heterocycles. The number of carbonyl (C=O) groups excluding carboxylic acids is 2. The maximum absolute atomic E-state index is 13.8. The number of esters is 1. The second kappa shape index (κ2) is 10.5. The number of nitrogens with one attached hydrogen (secondary N) is 2. The van der Waals surface area contributed by atoms with Crippen molar-refractivity contribution in [2.75, 3.05) is 32.0 Å². The van der Waals surface area contributed by atoms with Crippen LogP contribution in [0.4, 0.5) is 11.4 Å². The number of methoxy groups -OCH3 is 3. The Kier molecular flexibility index (Phi) is 6.96. The first kappa shape index (κ1) is 25.2. The highest BCUT2D eigenvalue weighted by atomic mass is 16.5. The van der Waals surface area contributed by atoms with Gasteiger partial charge < -0.3 is 29.6 Å². The lowest BCUT2D eigenvalue weighted by molar-refractivity contribution is -0.131. The maximum atomic E-state index is 13.8. The molecule has 1 heterocycles. The van der Waals surface area contributed by atoms with E-state index in [1.54, 1.807) is 33.5 Å². The van der Waals surface area contributed by atoms with E-state index >= 15 is 0 Å². The fourth-order valence-electron chi connectivity index (χ4n) is 5.21. The predicted octanol–water partition coefficient (Wildman–Crippen LogP) is 5.62. The number of hydrogen-bond acceptors (Lipinski definition) is 8. The molecule has 3 aromatic rings. The standard InChI is InChI=1S/C30H30N2O6/c1-17(33)38-21-11-9-18(10-12-21)29-28-24(31-22-7-5-6-8-23(22)32-29)13-19(14-25(28)34)20-15-26(35-2)30(37-4)27(16-20)36-3/h5-12,15-16,19,29,31-32H,13-14H2,1-4H3/t19-,29-/m1/s1. The zero-order chi connectivity index (χ0) is 26.8. The van der Waals surface area contributed by atoms with Gasteiger partial charge in [0, 0.05) is 24.6 Å². The molecule has 196 valence electrons. The molecule has 38 heavy (non-hydrogen) atoms. The SMILES string of the molecule is COc1cc([C@H]2CC(=O)C3=C(C2)Nc2ccccc2N[C@@H]3c2ccc(OC(C)=O)cc2)cc(OC)c1OC. The smallest absolute Gasteiger partial charge is 0.308 e. The molecule has 0 saturated carbocycles. The van der Waals surface area contributed by atoms with Gasteiger partial charge in [0.15, 0.2) is 17.3 Å². The van der Waals surface area contributed by atoms with E-state index in [-0.39, 0.29) is 23.7 Å². The van der Waals surface area contributed by atoms with Gasteiger partial charge in [0.2, 0.25) is 5.75 Å². The van der Waals surface area contributed by atoms with Crippen molar-refractivity contribution in [3.63, 3.8) is 0 Å². The number of anilines is 2. The van der Waals surface area contributed by atoms with E-state index in [9.17, 15) is 9.59 Å². The minimum atomic E-state index is -0.381. The Morgan fingerprint density at radius 1 is 0.842 bits per heavy atom. The zero-order valence-electron chi connectivity index (χ0n) is 21.8. The lowest BCUT2D eigenvalue weighted by atomic mass is 9.78. The van der Waals surface area contributed by atoms with Crippen molar-refractivity contribution in [1.82, 2.24) is 0 Å². The van der Waals surface area contributed by atoms with E-state index in [0.717, 1.165) is 28.2 Å². The minimum Gasteiger partial charge on any atom is -0.493 e. The summed E-state index contributed by atoms with van der Waals surface area (Å²) in [6.07, 6.45) is 0.955.